The van der Waals surface area contributed by atoms with Crippen LogP contribution in [0.3, 0.4) is 0 Å². The first-order chi connectivity index (χ1) is 8.78. The van der Waals surface area contributed by atoms with Crippen LogP contribution in [-0.2, 0) is 14.8 Å². The van der Waals surface area contributed by atoms with Crippen molar-refractivity contribution in [2.45, 2.75) is 38.1 Å². The Kier molecular flexibility index (Phi) is 5.08. The van der Waals surface area contributed by atoms with Crippen LogP contribution in [0.1, 0.15) is 25.8 Å². The van der Waals surface area contributed by atoms with Crippen LogP contribution < -0.4 is 0 Å². The van der Waals surface area contributed by atoms with Crippen LogP contribution in [0.4, 0.5) is 0 Å². The molecule has 0 aliphatic carbocycles. The minimum Gasteiger partial charge on any atom is -0.481 e. The number of carboxylic acids is 1. The van der Waals surface area contributed by atoms with Crippen molar-refractivity contribution in [3.63, 3.8) is 0 Å². The summed E-state index contributed by atoms with van der Waals surface area (Å²) in [6.07, 6.45) is -0.209. The fourth-order valence-electron chi connectivity index (χ4n) is 1.98. The average Bonchev–Trinajstić information content (AvgIpc) is 2.28. The Hall–Kier alpha value is -1.40. The van der Waals surface area contributed by atoms with Crippen LogP contribution in [0.15, 0.2) is 29.2 Å². The number of sulfonamides is 1. The Morgan fingerprint density at radius 2 is 2.05 bits per heavy atom. The van der Waals surface area contributed by atoms with E-state index in [4.69, 9.17) is 5.11 Å². The van der Waals surface area contributed by atoms with E-state index in [0.717, 1.165) is 5.56 Å². The molecule has 0 bridgehead atoms. The first kappa shape index (κ1) is 15.7. The lowest BCUT2D eigenvalue weighted by Crippen LogP contribution is -2.39. The Balaban J connectivity index is 3.12. The van der Waals surface area contributed by atoms with E-state index in [2.05, 4.69) is 0 Å². The van der Waals surface area contributed by atoms with E-state index in [1.165, 1.54) is 10.4 Å². The van der Waals surface area contributed by atoms with Crippen molar-refractivity contribution in [1.29, 1.82) is 0 Å². The monoisotopic (exact) mass is 285 g/mol. The van der Waals surface area contributed by atoms with Gasteiger partial charge in [0.1, 0.15) is 0 Å². The van der Waals surface area contributed by atoms with Gasteiger partial charge in [0, 0.05) is 12.6 Å². The predicted molar refractivity (Wildman–Crippen MR) is 72.5 cm³/mol. The molecule has 0 amide bonds. The molecule has 5 nitrogen and oxygen atoms in total. The molecular weight excluding hydrogens is 266 g/mol. The largest absolute Gasteiger partial charge is 0.481 e. The van der Waals surface area contributed by atoms with E-state index < -0.39 is 22.0 Å². The molecule has 0 heterocycles. The van der Waals surface area contributed by atoms with Crippen molar-refractivity contribution in [1.82, 2.24) is 4.31 Å². The Morgan fingerprint density at radius 1 is 1.42 bits per heavy atom. The number of aryl methyl sites for hydroxylation is 1. The van der Waals surface area contributed by atoms with Crippen LogP contribution in [0.25, 0.3) is 0 Å². The second-order valence-corrected chi connectivity index (χ2v) is 6.36. The van der Waals surface area contributed by atoms with E-state index in [0.29, 0.717) is 0 Å². The summed E-state index contributed by atoms with van der Waals surface area (Å²) >= 11 is 0. The Labute approximate surface area is 113 Å². The molecule has 0 saturated carbocycles. The van der Waals surface area contributed by atoms with Crippen LogP contribution in [0.2, 0.25) is 0 Å². The summed E-state index contributed by atoms with van der Waals surface area (Å²) in [6, 6.07) is 6.03. The van der Waals surface area contributed by atoms with Crippen molar-refractivity contribution < 1.29 is 18.3 Å². The molecule has 1 rings (SSSR count). The number of carboxylic acid groups (broad SMARTS) is 1. The molecule has 0 saturated heterocycles. The number of aliphatic carboxylic acids is 1. The van der Waals surface area contributed by atoms with Gasteiger partial charge in [-0.15, -0.1) is 0 Å². The predicted octanol–water partition coefficient (Wildman–Crippen LogP) is 1.87. The summed E-state index contributed by atoms with van der Waals surface area (Å²) in [4.78, 5) is 10.9. The zero-order chi connectivity index (χ0) is 14.6. The lowest BCUT2D eigenvalue weighted by molar-refractivity contribution is -0.137. The molecule has 19 heavy (non-hydrogen) atoms. The average molecular weight is 285 g/mol. The van der Waals surface area contributed by atoms with Gasteiger partial charge in [0.25, 0.3) is 0 Å². The second kappa shape index (κ2) is 6.16. The first-order valence-electron chi connectivity index (χ1n) is 6.09. The third-order valence-corrected chi connectivity index (χ3v) is 4.95. The van der Waals surface area contributed by atoms with Gasteiger partial charge in [0.15, 0.2) is 0 Å². The second-order valence-electron chi connectivity index (χ2n) is 4.47. The van der Waals surface area contributed by atoms with Crippen LogP contribution in [0, 0.1) is 6.92 Å². The lowest BCUT2D eigenvalue weighted by atomic mass is 10.2. The molecule has 0 aliphatic rings. The van der Waals surface area contributed by atoms with Gasteiger partial charge in [-0.3, -0.25) is 4.79 Å². The maximum atomic E-state index is 12.5. The summed E-state index contributed by atoms with van der Waals surface area (Å²) in [5, 5.41) is 8.79. The van der Waals surface area contributed by atoms with Gasteiger partial charge in [-0.1, -0.05) is 19.1 Å². The molecule has 0 fully saturated rings. The highest BCUT2D eigenvalue weighted by Gasteiger charge is 2.28. The fraction of sp³-hybridized carbons (Fsp3) is 0.462. The summed E-state index contributed by atoms with van der Waals surface area (Å²) in [6.45, 7) is 5.36. The number of nitrogens with zero attached hydrogens (tertiary/aromatic N) is 1. The van der Waals surface area contributed by atoms with Crippen molar-refractivity contribution in [3.8, 4) is 0 Å². The van der Waals surface area contributed by atoms with E-state index in [-0.39, 0.29) is 17.9 Å². The van der Waals surface area contributed by atoms with Crippen LogP contribution in [-0.4, -0.2) is 36.4 Å². The van der Waals surface area contributed by atoms with Gasteiger partial charge >= 0.3 is 5.97 Å². The Morgan fingerprint density at radius 3 is 2.53 bits per heavy atom. The summed E-state index contributed by atoms with van der Waals surface area (Å²) < 4.78 is 26.2. The quantitative estimate of drug-likeness (QED) is 0.865. The highest BCUT2D eigenvalue weighted by Crippen LogP contribution is 2.20. The highest BCUT2D eigenvalue weighted by molar-refractivity contribution is 7.89. The van der Waals surface area contributed by atoms with E-state index in [9.17, 15) is 13.2 Å². The fourth-order valence-corrected chi connectivity index (χ4v) is 3.73. The van der Waals surface area contributed by atoms with Gasteiger partial charge in [-0.2, -0.15) is 4.31 Å². The standard InChI is InChI=1S/C13H19NO4S/c1-4-14(11(3)9-13(15)16)19(17,18)12-7-5-6-10(2)8-12/h5-8,11H,4,9H2,1-3H3,(H,15,16). The van der Waals surface area contributed by atoms with E-state index >= 15 is 0 Å². The van der Waals surface area contributed by atoms with Gasteiger partial charge in [-0.25, -0.2) is 8.42 Å². The van der Waals surface area contributed by atoms with Crippen molar-refractivity contribution in [2.24, 2.45) is 0 Å². The maximum absolute atomic E-state index is 12.5. The number of hydrogen-bond acceptors (Lipinski definition) is 3. The molecule has 1 aromatic carbocycles. The van der Waals surface area contributed by atoms with E-state index in [1.807, 2.05) is 13.0 Å². The Bertz CT molecular complexity index is 554. The van der Waals surface area contributed by atoms with Gasteiger partial charge in [0.05, 0.1) is 11.3 Å². The number of rotatable bonds is 6. The summed E-state index contributed by atoms with van der Waals surface area (Å²) in [5.74, 6) is -1.01. The molecule has 1 aromatic rings. The molecule has 1 N–H and O–H groups in total. The molecule has 1 atom stereocenters. The van der Waals surface area contributed by atoms with Crippen molar-refractivity contribution in [2.75, 3.05) is 6.54 Å². The summed E-state index contributed by atoms with van der Waals surface area (Å²) in [7, 11) is -3.65. The zero-order valence-electron chi connectivity index (χ0n) is 11.3. The minimum absolute atomic E-state index is 0.201. The lowest BCUT2D eigenvalue weighted by Gasteiger charge is -2.26. The number of benzene rings is 1. The molecule has 0 aromatic heterocycles. The summed E-state index contributed by atoms with van der Waals surface area (Å²) in [5.41, 5.74) is 0.850. The molecule has 106 valence electrons. The zero-order valence-corrected chi connectivity index (χ0v) is 12.1. The van der Waals surface area contributed by atoms with E-state index in [1.54, 1.807) is 26.0 Å². The van der Waals surface area contributed by atoms with Crippen LogP contribution >= 0.6 is 0 Å². The third-order valence-electron chi connectivity index (χ3n) is 2.87. The SMILES string of the molecule is CCN(C(C)CC(=O)O)S(=O)(=O)c1cccc(C)c1. The van der Waals surface area contributed by atoms with Gasteiger partial charge in [-0.05, 0) is 31.5 Å². The maximum Gasteiger partial charge on any atom is 0.304 e. The number of hydrogen-bond donors (Lipinski definition) is 1. The number of carbonyl (C=O) groups is 1. The third kappa shape index (κ3) is 3.78. The smallest absolute Gasteiger partial charge is 0.304 e. The van der Waals surface area contributed by atoms with Gasteiger partial charge in [0.2, 0.25) is 10.0 Å². The van der Waals surface area contributed by atoms with Crippen molar-refractivity contribution >= 4 is 16.0 Å². The molecule has 0 aliphatic heterocycles. The highest BCUT2D eigenvalue weighted by atomic mass is 32.2. The minimum atomic E-state index is -3.65. The normalized spacial score (nSPS) is 13.5. The van der Waals surface area contributed by atoms with Crippen molar-refractivity contribution in [3.05, 3.63) is 29.8 Å². The first-order valence-corrected chi connectivity index (χ1v) is 7.53. The topological polar surface area (TPSA) is 74.7 Å². The molecule has 1 unspecified atom stereocenters. The molecule has 6 heteroatoms. The van der Waals surface area contributed by atoms with Crippen LogP contribution in [0.5, 0.6) is 0 Å². The molecule has 0 spiro atoms. The van der Waals surface area contributed by atoms with Gasteiger partial charge < -0.3 is 5.11 Å². The molecule has 0 radical (unpaired) electrons. The molecular formula is C13H19NO4S.